The van der Waals surface area contributed by atoms with E-state index in [-0.39, 0.29) is 11.5 Å². The van der Waals surface area contributed by atoms with E-state index in [0.717, 1.165) is 30.4 Å². The number of rotatable bonds is 4. The number of ether oxygens (including phenoxy) is 1. The third-order valence-electron chi connectivity index (χ3n) is 5.91. The van der Waals surface area contributed by atoms with Crippen molar-refractivity contribution in [3.63, 3.8) is 0 Å². The van der Waals surface area contributed by atoms with Gasteiger partial charge in [-0.05, 0) is 63.4 Å². The molecule has 1 aromatic carbocycles. The topological polar surface area (TPSA) is 78.1 Å². The molecule has 0 unspecified atom stereocenters. The van der Waals surface area contributed by atoms with Crippen molar-refractivity contribution < 1.29 is 28.0 Å². The molecule has 0 amide bonds. The largest absolute Gasteiger partial charge is 0.463 e. The van der Waals surface area contributed by atoms with Crippen LogP contribution in [0.2, 0.25) is 0 Å². The van der Waals surface area contributed by atoms with Crippen LogP contribution in [0.1, 0.15) is 67.8 Å². The zero-order valence-electron chi connectivity index (χ0n) is 17.0. The van der Waals surface area contributed by atoms with Gasteiger partial charge in [-0.3, -0.25) is 0 Å². The molecule has 156 valence electrons. The van der Waals surface area contributed by atoms with Gasteiger partial charge < -0.3 is 14.0 Å². The van der Waals surface area contributed by atoms with Crippen LogP contribution in [0.4, 0.5) is 4.39 Å². The minimum Gasteiger partial charge on any atom is -0.463 e. The first-order chi connectivity index (χ1) is 14.3. The summed E-state index contributed by atoms with van der Waals surface area (Å²) in [5.41, 5.74) is 2.58. The van der Waals surface area contributed by atoms with Crippen molar-refractivity contribution in [1.82, 2.24) is 0 Å². The highest BCUT2D eigenvalue weighted by Crippen LogP contribution is 2.56. The Balaban J connectivity index is 1.59. The molecule has 1 saturated heterocycles. The first-order valence-corrected chi connectivity index (χ1v) is 9.82. The highest BCUT2D eigenvalue weighted by molar-refractivity contribution is 5.99. The minimum absolute atomic E-state index is 0.178. The maximum absolute atomic E-state index is 13.0. The Morgan fingerprint density at radius 3 is 2.73 bits per heavy atom. The van der Waals surface area contributed by atoms with Crippen molar-refractivity contribution in [1.29, 1.82) is 0 Å². The predicted octanol–water partition coefficient (Wildman–Crippen LogP) is 5.10. The van der Waals surface area contributed by atoms with Crippen molar-refractivity contribution >= 4 is 17.7 Å². The quantitative estimate of drug-likeness (QED) is 0.303. The molecule has 0 bridgehead atoms. The number of halogens is 1. The summed E-state index contributed by atoms with van der Waals surface area (Å²) in [4.78, 5) is 29.7. The maximum atomic E-state index is 13.0. The molecule has 7 heteroatoms. The SMILES string of the molecule is CC1=C2C(=O)O[C@@H](c3ccoc3/C(C)=N/OC(=O)c3ccc(F)cc3)[C@]2(C)CCC1. The van der Waals surface area contributed by atoms with Crippen molar-refractivity contribution in [3.8, 4) is 0 Å². The number of cyclic esters (lactones) is 1. The van der Waals surface area contributed by atoms with E-state index in [1.165, 1.54) is 30.5 Å². The number of carbonyl (C=O) groups is 2. The number of benzene rings is 1. The van der Waals surface area contributed by atoms with Crippen LogP contribution in [0.25, 0.3) is 0 Å². The van der Waals surface area contributed by atoms with E-state index in [0.29, 0.717) is 17.0 Å². The van der Waals surface area contributed by atoms with Gasteiger partial charge in [-0.1, -0.05) is 17.7 Å². The standard InChI is InChI=1S/C23H22FNO5/c1-13-5-4-11-23(3)18(13)22(27)29-20(23)17-10-12-28-19(17)14(2)25-30-21(26)15-6-8-16(24)9-7-15/h6-10,12,20H,4-5,11H2,1-3H3/b25-14+/t20-,23+/m0/s1. The van der Waals surface area contributed by atoms with E-state index in [2.05, 4.69) is 5.16 Å². The first kappa shape index (κ1) is 20.1. The molecule has 0 spiro atoms. The summed E-state index contributed by atoms with van der Waals surface area (Å²) in [6, 6.07) is 6.73. The molecule has 1 aromatic heterocycles. The fourth-order valence-electron chi connectivity index (χ4n) is 4.44. The number of carbonyl (C=O) groups excluding carboxylic acids is 2. The molecule has 30 heavy (non-hydrogen) atoms. The Hall–Kier alpha value is -3.22. The molecule has 0 radical (unpaired) electrons. The molecular formula is C23H22FNO5. The first-order valence-electron chi connectivity index (χ1n) is 9.82. The maximum Gasteiger partial charge on any atom is 0.365 e. The Bertz CT molecular complexity index is 1070. The lowest BCUT2D eigenvalue weighted by Crippen LogP contribution is -2.27. The van der Waals surface area contributed by atoms with Crippen molar-refractivity contribution in [3.05, 3.63) is 70.4 Å². The van der Waals surface area contributed by atoms with Crippen molar-refractivity contribution in [2.24, 2.45) is 10.6 Å². The van der Waals surface area contributed by atoms with Gasteiger partial charge in [0.05, 0.1) is 11.8 Å². The zero-order chi connectivity index (χ0) is 21.5. The number of hydrogen-bond acceptors (Lipinski definition) is 6. The van der Waals surface area contributed by atoms with Gasteiger partial charge in [0.25, 0.3) is 0 Å². The van der Waals surface area contributed by atoms with Crippen molar-refractivity contribution in [2.75, 3.05) is 0 Å². The van der Waals surface area contributed by atoms with Gasteiger partial charge in [-0.15, -0.1) is 0 Å². The minimum atomic E-state index is -0.713. The predicted molar refractivity (Wildman–Crippen MR) is 106 cm³/mol. The van der Waals surface area contributed by atoms with Crippen LogP contribution in [0.15, 0.2) is 57.3 Å². The second-order valence-corrected chi connectivity index (χ2v) is 7.98. The second kappa shape index (κ2) is 7.55. The Kier molecular flexibility index (Phi) is 5.05. The number of allylic oxidation sites excluding steroid dienone is 1. The fraction of sp³-hybridized carbons (Fsp3) is 0.348. The summed E-state index contributed by atoms with van der Waals surface area (Å²) in [5.74, 6) is -1.05. The van der Waals surface area contributed by atoms with Crippen LogP contribution >= 0.6 is 0 Å². The monoisotopic (exact) mass is 411 g/mol. The van der Waals surface area contributed by atoms with Gasteiger partial charge >= 0.3 is 11.9 Å². The molecule has 1 aliphatic carbocycles. The van der Waals surface area contributed by atoms with Gasteiger partial charge in [-0.25, -0.2) is 14.0 Å². The number of esters is 1. The Morgan fingerprint density at radius 1 is 1.27 bits per heavy atom. The highest BCUT2D eigenvalue weighted by atomic mass is 19.1. The summed E-state index contributed by atoms with van der Waals surface area (Å²) < 4.78 is 24.4. The number of oxime groups is 1. The number of hydrogen-bond donors (Lipinski definition) is 0. The molecule has 0 saturated carbocycles. The normalized spacial score (nSPS) is 23.9. The number of fused-ring (bicyclic) bond motifs is 1. The summed E-state index contributed by atoms with van der Waals surface area (Å²) in [5, 5.41) is 3.89. The third kappa shape index (κ3) is 3.34. The zero-order valence-corrected chi connectivity index (χ0v) is 17.0. The molecule has 2 atom stereocenters. The number of furan rings is 1. The van der Waals surface area contributed by atoms with E-state index < -0.39 is 23.3 Å². The average molecular weight is 411 g/mol. The van der Waals surface area contributed by atoms with Gasteiger partial charge in [0.15, 0.2) is 5.76 Å². The molecule has 2 heterocycles. The summed E-state index contributed by atoms with van der Waals surface area (Å²) in [6.07, 6.45) is 3.71. The molecular weight excluding hydrogens is 389 g/mol. The van der Waals surface area contributed by atoms with Crippen LogP contribution < -0.4 is 0 Å². The van der Waals surface area contributed by atoms with E-state index >= 15 is 0 Å². The fourth-order valence-corrected chi connectivity index (χ4v) is 4.44. The van der Waals surface area contributed by atoms with E-state index in [4.69, 9.17) is 14.0 Å². The molecule has 2 aliphatic rings. The lowest BCUT2D eigenvalue weighted by Gasteiger charge is -2.33. The van der Waals surface area contributed by atoms with Gasteiger partial charge in [0, 0.05) is 16.6 Å². The third-order valence-corrected chi connectivity index (χ3v) is 5.91. The van der Waals surface area contributed by atoms with Crippen LogP contribution in [0, 0.1) is 11.2 Å². The Morgan fingerprint density at radius 2 is 2.00 bits per heavy atom. The van der Waals surface area contributed by atoms with Gasteiger partial charge in [-0.2, -0.15) is 0 Å². The summed E-state index contributed by atoms with van der Waals surface area (Å²) in [6.45, 7) is 5.66. The average Bonchev–Trinajstić information content (AvgIpc) is 3.29. The van der Waals surface area contributed by atoms with Gasteiger partial charge in [0.2, 0.25) is 0 Å². The highest BCUT2D eigenvalue weighted by Gasteiger charge is 2.53. The second-order valence-electron chi connectivity index (χ2n) is 7.98. The van der Waals surface area contributed by atoms with E-state index in [9.17, 15) is 14.0 Å². The van der Waals surface area contributed by atoms with Crippen LogP contribution in [0.3, 0.4) is 0 Å². The summed E-state index contributed by atoms with van der Waals surface area (Å²) >= 11 is 0. The Labute approximate surface area is 173 Å². The van der Waals surface area contributed by atoms with Crippen LogP contribution in [-0.4, -0.2) is 17.7 Å². The van der Waals surface area contributed by atoms with E-state index in [1.54, 1.807) is 13.0 Å². The van der Waals surface area contributed by atoms with Crippen LogP contribution in [0.5, 0.6) is 0 Å². The van der Waals surface area contributed by atoms with Crippen LogP contribution in [-0.2, 0) is 14.4 Å². The molecule has 2 aromatic rings. The van der Waals surface area contributed by atoms with E-state index in [1.807, 2.05) is 13.8 Å². The lowest BCUT2D eigenvalue weighted by molar-refractivity contribution is -0.140. The smallest absolute Gasteiger partial charge is 0.365 e. The number of nitrogens with zero attached hydrogens (tertiary/aromatic N) is 1. The molecule has 1 fully saturated rings. The van der Waals surface area contributed by atoms with Gasteiger partial charge in [0.1, 0.15) is 17.6 Å². The molecule has 4 rings (SSSR count). The lowest BCUT2D eigenvalue weighted by atomic mass is 9.68. The molecule has 1 aliphatic heterocycles. The molecule has 6 nitrogen and oxygen atoms in total. The molecule has 0 N–H and O–H groups in total. The summed E-state index contributed by atoms with van der Waals surface area (Å²) in [7, 11) is 0. The van der Waals surface area contributed by atoms with Crippen molar-refractivity contribution in [2.45, 2.75) is 46.1 Å².